The van der Waals surface area contributed by atoms with Crippen LogP contribution in [0.5, 0.6) is 0 Å². The molecule has 0 saturated carbocycles. The number of aliphatic hydroxyl groups excluding tert-OH is 1. The average molecular weight is 152 g/mol. The fourth-order valence-corrected chi connectivity index (χ4v) is 1.51. The van der Waals surface area contributed by atoms with E-state index in [1.54, 1.807) is 0 Å². The zero-order chi connectivity index (χ0) is 7.56. The van der Waals surface area contributed by atoms with E-state index in [0.29, 0.717) is 0 Å². The van der Waals surface area contributed by atoms with Crippen molar-refractivity contribution in [2.24, 2.45) is 0 Å². The van der Waals surface area contributed by atoms with Crippen molar-refractivity contribution in [3.05, 3.63) is 21.9 Å². The van der Waals surface area contributed by atoms with Gasteiger partial charge in [-0.15, -0.1) is 17.8 Å². The fraction of sp³-hybridized carbons (Fsp3) is 0.250. The van der Waals surface area contributed by atoms with Crippen LogP contribution in [-0.2, 0) is 0 Å². The minimum Gasteiger partial charge on any atom is -0.375 e. The van der Waals surface area contributed by atoms with E-state index in [4.69, 9.17) is 11.5 Å². The van der Waals surface area contributed by atoms with Crippen molar-refractivity contribution in [1.82, 2.24) is 0 Å². The second-order valence-electron chi connectivity index (χ2n) is 2.02. The van der Waals surface area contributed by atoms with Crippen LogP contribution >= 0.6 is 11.3 Å². The Balaban J connectivity index is 2.87. The van der Waals surface area contributed by atoms with Crippen LogP contribution in [0.2, 0.25) is 0 Å². The monoisotopic (exact) mass is 152 g/mol. The number of aliphatic hydroxyl groups is 1. The first kappa shape index (κ1) is 7.33. The summed E-state index contributed by atoms with van der Waals surface area (Å²) in [6.45, 7) is 1.98. The minimum absolute atomic E-state index is 0.723. The number of aryl methyl sites for hydroxylation is 1. The molecule has 0 aliphatic heterocycles. The molecule has 0 aliphatic carbocycles. The zero-order valence-corrected chi connectivity index (χ0v) is 6.48. The Labute approximate surface area is 64.3 Å². The first-order chi connectivity index (χ1) is 4.74. The highest BCUT2D eigenvalue weighted by molar-refractivity contribution is 7.12. The van der Waals surface area contributed by atoms with Crippen molar-refractivity contribution in [2.45, 2.75) is 13.0 Å². The van der Waals surface area contributed by atoms with Gasteiger partial charge >= 0.3 is 0 Å². The lowest BCUT2D eigenvalue weighted by atomic mass is 10.3. The van der Waals surface area contributed by atoms with Crippen LogP contribution in [0.1, 0.15) is 15.9 Å². The van der Waals surface area contributed by atoms with Crippen LogP contribution < -0.4 is 0 Å². The van der Waals surface area contributed by atoms with Crippen LogP contribution in [0.15, 0.2) is 12.1 Å². The van der Waals surface area contributed by atoms with Gasteiger partial charge in [0.05, 0.1) is 0 Å². The maximum absolute atomic E-state index is 9.12. The predicted octanol–water partition coefficient (Wildman–Crippen LogP) is 1.72. The quantitative estimate of drug-likeness (QED) is 0.607. The molecule has 10 heavy (non-hydrogen) atoms. The lowest BCUT2D eigenvalue weighted by Crippen LogP contribution is -1.86. The number of terminal acetylenes is 1. The summed E-state index contributed by atoms with van der Waals surface area (Å²) in [6, 6.07) is 3.80. The summed E-state index contributed by atoms with van der Waals surface area (Å²) in [5, 5.41) is 9.12. The third-order valence-electron chi connectivity index (χ3n) is 1.19. The van der Waals surface area contributed by atoms with E-state index < -0.39 is 6.10 Å². The lowest BCUT2D eigenvalue weighted by Gasteiger charge is -1.95. The number of rotatable bonds is 1. The van der Waals surface area contributed by atoms with Crippen LogP contribution in [0.4, 0.5) is 0 Å². The van der Waals surface area contributed by atoms with Crippen molar-refractivity contribution < 1.29 is 5.11 Å². The molecule has 1 atom stereocenters. The third-order valence-corrected chi connectivity index (χ3v) is 2.24. The van der Waals surface area contributed by atoms with Crippen molar-refractivity contribution in [3.8, 4) is 12.3 Å². The Morgan fingerprint density at radius 3 is 2.80 bits per heavy atom. The molecular formula is C8H8OS. The van der Waals surface area contributed by atoms with Gasteiger partial charge in [-0.1, -0.05) is 5.92 Å². The highest BCUT2D eigenvalue weighted by Crippen LogP contribution is 2.21. The maximum atomic E-state index is 9.12. The van der Waals surface area contributed by atoms with Gasteiger partial charge in [0.1, 0.15) is 6.10 Å². The van der Waals surface area contributed by atoms with Gasteiger partial charge < -0.3 is 5.11 Å². The first-order valence-electron chi connectivity index (χ1n) is 2.94. The molecule has 0 amide bonds. The summed E-state index contributed by atoms with van der Waals surface area (Å²) in [6.07, 6.45) is 4.30. The van der Waals surface area contributed by atoms with Crippen molar-refractivity contribution in [3.63, 3.8) is 0 Å². The van der Waals surface area contributed by atoms with Crippen LogP contribution in [0, 0.1) is 19.3 Å². The lowest BCUT2D eigenvalue weighted by molar-refractivity contribution is 0.242. The molecule has 0 radical (unpaired) electrons. The smallest absolute Gasteiger partial charge is 0.149 e. The Morgan fingerprint density at radius 1 is 1.70 bits per heavy atom. The van der Waals surface area contributed by atoms with E-state index >= 15 is 0 Å². The first-order valence-corrected chi connectivity index (χ1v) is 3.76. The van der Waals surface area contributed by atoms with E-state index in [1.165, 1.54) is 16.2 Å². The highest BCUT2D eigenvalue weighted by atomic mass is 32.1. The average Bonchev–Trinajstić information content (AvgIpc) is 2.34. The standard InChI is InChI=1S/C8H8OS/c1-3-7(9)8-5-4-6(2)10-8/h1,4-5,7,9H,2H3/t7-/m1/s1. The maximum Gasteiger partial charge on any atom is 0.149 e. The van der Waals surface area contributed by atoms with Gasteiger partial charge in [0, 0.05) is 9.75 Å². The Kier molecular flexibility index (Phi) is 2.10. The van der Waals surface area contributed by atoms with Gasteiger partial charge in [0.2, 0.25) is 0 Å². The van der Waals surface area contributed by atoms with Crippen molar-refractivity contribution >= 4 is 11.3 Å². The van der Waals surface area contributed by atoms with E-state index in [-0.39, 0.29) is 0 Å². The number of hydrogen-bond donors (Lipinski definition) is 1. The topological polar surface area (TPSA) is 20.2 Å². The zero-order valence-electron chi connectivity index (χ0n) is 5.66. The molecule has 1 nitrogen and oxygen atoms in total. The van der Waals surface area contributed by atoms with Crippen molar-refractivity contribution in [2.75, 3.05) is 0 Å². The van der Waals surface area contributed by atoms with E-state index in [9.17, 15) is 0 Å². The molecule has 2 heteroatoms. The number of thiophene rings is 1. The molecule has 1 aromatic heterocycles. The van der Waals surface area contributed by atoms with Gasteiger partial charge in [0.15, 0.2) is 0 Å². The van der Waals surface area contributed by atoms with Crippen molar-refractivity contribution in [1.29, 1.82) is 0 Å². The molecule has 0 unspecified atom stereocenters. The predicted molar refractivity (Wildman–Crippen MR) is 42.8 cm³/mol. The van der Waals surface area contributed by atoms with Crippen LogP contribution in [0.3, 0.4) is 0 Å². The fourth-order valence-electron chi connectivity index (χ4n) is 0.683. The molecule has 1 aromatic rings. The van der Waals surface area contributed by atoms with E-state index in [2.05, 4.69) is 5.92 Å². The summed E-state index contributed by atoms with van der Waals surface area (Å²) in [4.78, 5) is 2.02. The van der Waals surface area contributed by atoms with E-state index in [1.807, 2.05) is 19.1 Å². The largest absolute Gasteiger partial charge is 0.375 e. The molecule has 52 valence electrons. The molecule has 0 aliphatic rings. The highest BCUT2D eigenvalue weighted by Gasteiger charge is 2.03. The second kappa shape index (κ2) is 2.87. The van der Waals surface area contributed by atoms with Gasteiger partial charge in [-0.2, -0.15) is 0 Å². The van der Waals surface area contributed by atoms with Gasteiger partial charge in [-0.05, 0) is 19.1 Å². The third kappa shape index (κ3) is 1.38. The van der Waals surface area contributed by atoms with Gasteiger partial charge in [-0.3, -0.25) is 0 Å². The molecule has 0 saturated heterocycles. The molecule has 0 aromatic carbocycles. The Bertz CT molecular complexity index is 256. The molecular weight excluding hydrogens is 144 g/mol. The molecule has 1 N–H and O–H groups in total. The van der Waals surface area contributed by atoms with E-state index in [0.717, 1.165) is 4.88 Å². The Hall–Kier alpha value is -0.780. The van der Waals surface area contributed by atoms with Crippen LogP contribution in [-0.4, -0.2) is 5.11 Å². The SMILES string of the molecule is C#C[C@@H](O)c1ccc(C)s1. The summed E-state index contributed by atoms with van der Waals surface area (Å²) in [5.74, 6) is 2.26. The van der Waals surface area contributed by atoms with Gasteiger partial charge in [0.25, 0.3) is 0 Å². The molecule has 1 heterocycles. The normalized spacial score (nSPS) is 12.5. The summed E-state index contributed by atoms with van der Waals surface area (Å²) >= 11 is 1.53. The number of hydrogen-bond acceptors (Lipinski definition) is 2. The summed E-state index contributed by atoms with van der Waals surface area (Å²) in [7, 11) is 0. The summed E-state index contributed by atoms with van der Waals surface area (Å²) in [5.41, 5.74) is 0. The molecule has 0 spiro atoms. The Morgan fingerprint density at radius 2 is 2.40 bits per heavy atom. The minimum atomic E-state index is -0.723. The summed E-state index contributed by atoms with van der Waals surface area (Å²) < 4.78 is 0. The second-order valence-corrected chi connectivity index (χ2v) is 3.34. The van der Waals surface area contributed by atoms with Gasteiger partial charge in [-0.25, -0.2) is 0 Å². The van der Waals surface area contributed by atoms with Crippen LogP contribution in [0.25, 0.3) is 0 Å². The molecule has 0 bridgehead atoms. The molecule has 0 fully saturated rings. The molecule has 1 rings (SSSR count).